The van der Waals surface area contributed by atoms with Crippen molar-refractivity contribution in [1.82, 2.24) is 9.21 Å². The van der Waals surface area contributed by atoms with Crippen LogP contribution in [-0.4, -0.2) is 49.8 Å². The molecule has 0 spiro atoms. The zero-order chi connectivity index (χ0) is 14.9. The van der Waals surface area contributed by atoms with Crippen molar-refractivity contribution in [1.29, 1.82) is 0 Å². The number of aliphatic imine (C=N–C) groups is 1. The zero-order valence-corrected chi connectivity index (χ0v) is 12.5. The molecule has 0 radical (unpaired) electrons. The second kappa shape index (κ2) is 5.63. The quantitative estimate of drug-likeness (QED) is 0.835. The maximum atomic E-state index is 13.0. The molecule has 2 aliphatic heterocycles. The van der Waals surface area contributed by atoms with E-state index in [1.807, 2.05) is 4.90 Å². The van der Waals surface area contributed by atoms with Crippen LogP contribution in [0.4, 0.5) is 4.39 Å². The molecule has 1 aromatic rings. The predicted molar refractivity (Wildman–Crippen MR) is 78.0 cm³/mol. The number of likely N-dealkylation sites (tertiary alicyclic amines) is 1. The minimum absolute atomic E-state index is 0.107. The molecular formula is C14H18FN3O2S. The summed E-state index contributed by atoms with van der Waals surface area (Å²) in [4.78, 5) is 6.51. The van der Waals surface area contributed by atoms with Crippen molar-refractivity contribution < 1.29 is 12.8 Å². The Hall–Kier alpha value is -1.63. The summed E-state index contributed by atoms with van der Waals surface area (Å²) in [7, 11) is -3.66. The summed E-state index contributed by atoms with van der Waals surface area (Å²) in [5, 5.41) is 0. The Labute approximate surface area is 124 Å². The van der Waals surface area contributed by atoms with Crippen LogP contribution in [0.1, 0.15) is 19.3 Å². The first-order valence-corrected chi connectivity index (χ1v) is 8.61. The highest BCUT2D eigenvalue weighted by Crippen LogP contribution is 2.22. The minimum atomic E-state index is -3.66. The molecule has 0 atom stereocenters. The maximum absolute atomic E-state index is 13.0. The van der Waals surface area contributed by atoms with E-state index < -0.39 is 15.8 Å². The lowest BCUT2D eigenvalue weighted by Gasteiger charge is -2.32. The number of sulfonamides is 1. The van der Waals surface area contributed by atoms with E-state index in [2.05, 4.69) is 4.99 Å². The largest absolute Gasteiger partial charge is 0.342 e. The van der Waals surface area contributed by atoms with E-state index in [1.165, 1.54) is 35.0 Å². The van der Waals surface area contributed by atoms with Crippen LogP contribution >= 0.6 is 0 Å². The second-order valence-corrected chi connectivity index (χ2v) is 7.12. The molecule has 21 heavy (non-hydrogen) atoms. The smallest absolute Gasteiger partial charge is 0.266 e. The Balaban J connectivity index is 1.87. The molecule has 0 saturated carbocycles. The van der Waals surface area contributed by atoms with Gasteiger partial charge in [-0.1, -0.05) is 0 Å². The zero-order valence-electron chi connectivity index (χ0n) is 11.7. The molecule has 2 heterocycles. The third-order valence-electron chi connectivity index (χ3n) is 3.82. The molecule has 0 aliphatic carbocycles. The van der Waals surface area contributed by atoms with Crippen LogP contribution < -0.4 is 0 Å². The van der Waals surface area contributed by atoms with Gasteiger partial charge in [0.05, 0.1) is 18.0 Å². The van der Waals surface area contributed by atoms with Gasteiger partial charge in [0.2, 0.25) is 5.96 Å². The third kappa shape index (κ3) is 2.74. The summed E-state index contributed by atoms with van der Waals surface area (Å²) < 4.78 is 39.7. The lowest BCUT2D eigenvalue weighted by Crippen LogP contribution is -2.46. The Morgan fingerprint density at radius 1 is 1.00 bits per heavy atom. The molecule has 0 N–H and O–H groups in total. The van der Waals surface area contributed by atoms with Crippen molar-refractivity contribution in [3.8, 4) is 0 Å². The van der Waals surface area contributed by atoms with Gasteiger partial charge < -0.3 is 4.90 Å². The van der Waals surface area contributed by atoms with E-state index in [-0.39, 0.29) is 4.90 Å². The number of piperidine rings is 1. The summed E-state index contributed by atoms with van der Waals surface area (Å²) >= 11 is 0. The molecule has 3 rings (SSSR count). The first kappa shape index (κ1) is 14.3. The fraction of sp³-hybridized carbons (Fsp3) is 0.500. The molecule has 0 unspecified atom stereocenters. The lowest BCUT2D eigenvalue weighted by molar-refractivity contribution is 0.321. The maximum Gasteiger partial charge on any atom is 0.266 e. The molecule has 114 valence electrons. The van der Waals surface area contributed by atoms with Crippen LogP contribution in [0.15, 0.2) is 34.2 Å². The van der Waals surface area contributed by atoms with Gasteiger partial charge in [0, 0.05) is 13.1 Å². The van der Waals surface area contributed by atoms with Crippen LogP contribution in [0.5, 0.6) is 0 Å². The average Bonchev–Trinajstić information content (AvgIpc) is 2.99. The summed E-state index contributed by atoms with van der Waals surface area (Å²) in [5.41, 5.74) is 0. The van der Waals surface area contributed by atoms with Gasteiger partial charge in [0.1, 0.15) is 5.82 Å². The van der Waals surface area contributed by atoms with Crippen LogP contribution in [0.3, 0.4) is 0 Å². The first-order chi connectivity index (χ1) is 10.1. The fourth-order valence-corrected chi connectivity index (χ4v) is 4.18. The van der Waals surface area contributed by atoms with Gasteiger partial charge >= 0.3 is 0 Å². The number of benzene rings is 1. The van der Waals surface area contributed by atoms with Crippen molar-refractivity contribution in [2.75, 3.05) is 26.2 Å². The summed E-state index contributed by atoms with van der Waals surface area (Å²) in [5.74, 6) is 0.0966. The monoisotopic (exact) mass is 311 g/mol. The molecule has 5 nitrogen and oxygen atoms in total. The van der Waals surface area contributed by atoms with Gasteiger partial charge in [-0.2, -0.15) is 0 Å². The van der Waals surface area contributed by atoms with Crippen molar-refractivity contribution in [3.05, 3.63) is 30.1 Å². The number of guanidine groups is 1. The van der Waals surface area contributed by atoms with Gasteiger partial charge in [0.15, 0.2) is 0 Å². The highest BCUT2D eigenvalue weighted by atomic mass is 32.2. The van der Waals surface area contributed by atoms with Crippen LogP contribution in [0, 0.1) is 5.82 Å². The molecule has 0 bridgehead atoms. The van der Waals surface area contributed by atoms with Crippen LogP contribution in [0.25, 0.3) is 0 Å². The number of hydrogen-bond acceptors (Lipinski definition) is 4. The van der Waals surface area contributed by atoms with E-state index in [0.29, 0.717) is 19.0 Å². The standard InChI is InChI=1S/C14H18FN3O2S/c15-12-4-6-13(7-5-12)21(19,20)18-11-8-16-14(18)17-9-2-1-3-10-17/h4-7H,1-3,8-11H2. The van der Waals surface area contributed by atoms with Crippen molar-refractivity contribution in [3.63, 3.8) is 0 Å². The van der Waals surface area contributed by atoms with E-state index in [0.717, 1.165) is 25.9 Å². The van der Waals surface area contributed by atoms with Gasteiger partial charge in [-0.3, -0.25) is 4.99 Å². The lowest BCUT2D eigenvalue weighted by atomic mass is 10.1. The molecule has 0 amide bonds. The molecule has 7 heteroatoms. The van der Waals surface area contributed by atoms with E-state index in [1.54, 1.807) is 0 Å². The number of nitrogens with zero attached hydrogens (tertiary/aromatic N) is 3. The van der Waals surface area contributed by atoms with Crippen LogP contribution in [0.2, 0.25) is 0 Å². The third-order valence-corrected chi connectivity index (χ3v) is 5.61. The number of hydrogen-bond donors (Lipinski definition) is 0. The van der Waals surface area contributed by atoms with Crippen molar-refractivity contribution in [2.45, 2.75) is 24.2 Å². The highest BCUT2D eigenvalue weighted by molar-refractivity contribution is 7.89. The normalized spacial score (nSPS) is 19.8. The summed E-state index contributed by atoms with van der Waals surface area (Å²) in [6, 6.07) is 4.94. The Morgan fingerprint density at radius 2 is 1.67 bits per heavy atom. The Bertz CT molecular complexity index is 637. The SMILES string of the molecule is O=S(=O)(c1ccc(F)cc1)N1CCN=C1N1CCCCC1. The van der Waals surface area contributed by atoms with Crippen molar-refractivity contribution in [2.24, 2.45) is 4.99 Å². The molecule has 0 aromatic heterocycles. The fourth-order valence-electron chi connectivity index (χ4n) is 2.73. The minimum Gasteiger partial charge on any atom is -0.342 e. The van der Waals surface area contributed by atoms with Gasteiger partial charge in [-0.25, -0.2) is 17.1 Å². The Kier molecular flexibility index (Phi) is 3.84. The molecular weight excluding hydrogens is 293 g/mol. The van der Waals surface area contributed by atoms with E-state index >= 15 is 0 Å². The topological polar surface area (TPSA) is 53.0 Å². The number of rotatable bonds is 2. The molecule has 1 saturated heterocycles. The highest BCUT2D eigenvalue weighted by Gasteiger charge is 2.34. The van der Waals surface area contributed by atoms with Crippen LogP contribution in [-0.2, 0) is 10.0 Å². The average molecular weight is 311 g/mol. The van der Waals surface area contributed by atoms with Gasteiger partial charge in [-0.05, 0) is 43.5 Å². The molecule has 2 aliphatic rings. The molecule has 1 fully saturated rings. The molecule has 1 aromatic carbocycles. The number of halogens is 1. The van der Waals surface area contributed by atoms with Crippen molar-refractivity contribution >= 4 is 16.0 Å². The van der Waals surface area contributed by atoms with Gasteiger partial charge in [-0.15, -0.1) is 0 Å². The second-order valence-electron chi connectivity index (χ2n) is 5.26. The van der Waals surface area contributed by atoms with E-state index in [9.17, 15) is 12.8 Å². The summed E-state index contributed by atoms with van der Waals surface area (Å²) in [6.45, 7) is 2.51. The predicted octanol–water partition coefficient (Wildman–Crippen LogP) is 1.67. The Morgan fingerprint density at radius 3 is 2.33 bits per heavy atom. The van der Waals surface area contributed by atoms with Gasteiger partial charge in [0.25, 0.3) is 10.0 Å². The van der Waals surface area contributed by atoms with E-state index in [4.69, 9.17) is 0 Å². The first-order valence-electron chi connectivity index (χ1n) is 7.17. The summed E-state index contributed by atoms with van der Waals surface area (Å²) in [6.07, 6.45) is 3.29.